The second-order valence-electron chi connectivity index (χ2n) is 7.12. The summed E-state index contributed by atoms with van der Waals surface area (Å²) in [5.41, 5.74) is 0.225. The minimum absolute atomic E-state index is 0.328. The molecule has 0 aliphatic heterocycles. The van der Waals surface area contributed by atoms with Gasteiger partial charge in [0.2, 0.25) is 0 Å². The van der Waals surface area contributed by atoms with Gasteiger partial charge < -0.3 is 10.1 Å². The summed E-state index contributed by atoms with van der Waals surface area (Å²) in [6.07, 6.45) is -1.24. The largest absolute Gasteiger partial charge is 0.448 e. The molecule has 0 aliphatic rings. The molecule has 0 unspecified atom stereocenters. The van der Waals surface area contributed by atoms with Gasteiger partial charge in [0.05, 0.1) is 5.69 Å². The van der Waals surface area contributed by atoms with Gasteiger partial charge >= 0.3 is 5.97 Å². The van der Waals surface area contributed by atoms with Crippen LogP contribution in [0.15, 0.2) is 24.3 Å². The molecular formula is C20H21F2N3O3S. The Morgan fingerprint density at radius 2 is 1.90 bits per heavy atom. The first-order valence-corrected chi connectivity index (χ1v) is 9.91. The molecule has 0 aliphatic carbocycles. The molecule has 1 atom stereocenters. The lowest BCUT2D eigenvalue weighted by Crippen LogP contribution is -2.30. The maximum atomic E-state index is 13.7. The van der Waals surface area contributed by atoms with Crippen molar-refractivity contribution < 1.29 is 23.1 Å². The van der Waals surface area contributed by atoms with Crippen LogP contribution in [0.3, 0.4) is 0 Å². The van der Waals surface area contributed by atoms with Crippen LogP contribution in [0, 0.1) is 24.5 Å². The van der Waals surface area contributed by atoms with E-state index in [2.05, 4.69) is 24.3 Å². The lowest BCUT2D eigenvalue weighted by molar-refractivity contribution is -0.123. The number of esters is 1. The number of ether oxygens (including phenoxy) is 1. The van der Waals surface area contributed by atoms with Crippen molar-refractivity contribution >= 4 is 39.1 Å². The van der Waals surface area contributed by atoms with Gasteiger partial charge in [-0.05, 0) is 38.0 Å². The van der Waals surface area contributed by atoms with E-state index in [1.54, 1.807) is 6.07 Å². The third-order valence-electron chi connectivity index (χ3n) is 4.21. The number of halogens is 2. The number of carbonyl (C=O) groups excluding carboxylic acids is 2. The van der Waals surface area contributed by atoms with Gasteiger partial charge in [0, 0.05) is 11.9 Å². The van der Waals surface area contributed by atoms with E-state index < -0.39 is 35.3 Å². The number of anilines is 1. The van der Waals surface area contributed by atoms with Crippen molar-refractivity contribution in [3.05, 3.63) is 46.5 Å². The van der Waals surface area contributed by atoms with Crippen molar-refractivity contribution in [1.29, 1.82) is 0 Å². The smallest absolute Gasteiger partial charge is 0.349 e. The number of nitrogens with one attached hydrogen (secondary N) is 1. The van der Waals surface area contributed by atoms with Crippen molar-refractivity contribution in [2.24, 2.45) is 5.92 Å². The van der Waals surface area contributed by atoms with Crippen LogP contribution >= 0.6 is 11.3 Å². The van der Waals surface area contributed by atoms with Gasteiger partial charge in [-0.3, -0.25) is 9.48 Å². The van der Waals surface area contributed by atoms with E-state index in [1.165, 1.54) is 24.3 Å². The Bertz CT molecular complexity index is 1050. The molecular weight excluding hydrogens is 400 g/mol. The molecule has 2 aromatic heterocycles. The summed E-state index contributed by atoms with van der Waals surface area (Å²) in [6.45, 7) is 8.06. The molecule has 3 aromatic rings. The Balaban J connectivity index is 1.73. The summed E-state index contributed by atoms with van der Waals surface area (Å²) in [5.74, 6) is -2.94. The van der Waals surface area contributed by atoms with Crippen LogP contribution in [0.1, 0.15) is 36.1 Å². The second-order valence-corrected chi connectivity index (χ2v) is 8.15. The summed E-state index contributed by atoms with van der Waals surface area (Å²) in [7, 11) is 0. The van der Waals surface area contributed by atoms with Gasteiger partial charge in [0.25, 0.3) is 5.91 Å². The van der Waals surface area contributed by atoms with Gasteiger partial charge in [-0.15, -0.1) is 11.3 Å². The average Bonchev–Trinajstić information content (AvgIpc) is 3.19. The molecule has 0 saturated heterocycles. The van der Waals surface area contributed by atoms with Gasteiger partial charge in [-0.25, -0.2) is 13.6 Å². The molecule has 0 spiro atoms. The van der Waals surface area contributed by atoms with Crippen molar-refractivity contribution in [1.82, 2.24) is 9.78 Å². The van der Waals surface area contributed by atoms with Crippen molar-refractivity contribution in [3.8, 4) is 0 Å². The maximum Gasteiger partial charge on any atom is 0.349 e. The number of benzene rings is 1. The van der Waals surface area contributed by atoms with Crippen molar-refractivity contribution in [3.63, 3.8) is 0 Å². The van der Waals surface area contributed by atoms with E-state index in [0.717, 1.165) is 28.0 Å². The number of aryl methyl sites for hydroxylation is 1. The van der Waals surface area contributed by atoms with E-state index in [0.29, 0.717) is 17.3 Å². The predicted octanol–water partition coefficient (Wildman–Crippen LogP) is 4.52. The molecule has 0 saturated carbocycles. The summed E-state index contributed by atoms with van der Waals surface area (Å²) in [5, 5.41) is 7.46. The topological polar surface area (TPSA) is 73.2 Å². The number of fused-ring (bicyclic) bond motifs is 1. The highest BCUT2D eigenvalue weighted by Crippen LogP contribution is 2.29. The molecule has 154 valence electrons. The van der Waals surface area contributed by atoms with E-state index in [1.807, 2.05) is 11.6 Å². The highest BCUT2D eigenvalue weighted by Gasteiger charge is 2.24. The second kappa shape index (κ2) is 8.28. The fourth-order valence-electron chi connectivity index (χ4n) is 2.80. The first-order valence-electron chi connectivity index (χ1n) is 9.10. The highest BCUT2D eigenvalue weighted by atomic mass is 32.1. The molecule has 3 rings (SSSR count). The number of aromatic nitrogens is 2. The van der Waals surface area contributed by atoms with Crippen LogP contribution < -0.4 is 5.32 Å². The molecule has 0 radical (unpaired) electrons. The van der Waals surface area contributed by atoms with Crippen LogP contribution in [0.4, 0.5) is 14.5 Å². The number of amides is 1. The third kappa shape index (κ3) is 4.45. The first kappa shape index (κ1) is 20.9. The minimum atomic E-state index is -1.24. The Labute approximate surface area is 170 Å². The standard InChI is InChI=1S/C20H21F2N3O3S/c1-10(2)9-25-19-13(11(3)24-25)8-16(29-19)20(27)28-12(4)18(26)23-17-14(21)6-5-7-15(17)22/h5-8,10,12H,9H2,1-4H3,(H,23,26)/t12-/m1/s1. The molecule has 1 aromatic carbocycles. The quantitative estimate of drug-likeness (QED) is 0.594. The molecule has 0 bridgehead atoms. The van der Waals surface area contributed by atoms with Crippen LogP contribution in [0.5, 0.6) is 0 Å². The average molecular weight is 421 g/mol. The van der Waals surface area contributed by atoms with Crippen LogP contribution in [-0.2, 0) is 16.1 Å². The van der Waals surface area contributed by atoms with E-state index in [4.69, 9.17) is 4.74 Å². The summed E-state index contributed by atoms with van der Waals surface area (Å²) >= 11 is 1.23. The fraction of sp³-hybridized carbons (Fsp3) is 0.350. The number of rotatable bonds is 6. The van der Waals surface area contributed by atoms with Gasteiger partial charge in [-0.1, -0.05) is 19.9 Å². The SMILES string of the molecule is Cc1nn(CC(C)C)c2sc(C(=O)O[C@H](C)C(=O)Nc3c(F)cccc3F)cc12. The normalized spacial score (nSPS) is 12.4. The Morgan fingerprint density at radius 1 is 1.24 bits per heavy atom. The molecule has 1 amide bonds. The predicted molar refractivity (Wildman–Crippen MR) is 107 cm³/mol. The first-order chi connectivity index (χ1) is 13.7. The van der Waals surface area contributed by atoms with Crippen molar-refractivity contribution in [2.75, 3.05) is 5.32 Å². The number of hydrogen-bond acceptors (Lipinski definition) is 5. The van der Waals surface area contributed by atoms with E-state index in [-0.39, 0.29) is 0 Å². The molecule has 29 heavy (non-hydrogen) atoms. The van der Waals surface area contributed by atoms with Crippen LogP contribution in [-0.4, -0.2) is 27.8 Å². The lowest BCUT2D eigenvalue weighted by Gasteiger charge is -2.13. The summed E-state index contributed by atoms with van der Waals surface area (Å²) < 4.78 is 34.4. The molecule has 0 fully saturated rings. The number of hydrogen-bond donors (Lipinski definition) is 1. The summed E-state index contributed by atoms with van der Waals surface area (Å²) in [6, 6.07) is 4.92. The third-order valence-corrected chi connectivity index (χ3v) is 5.34. The molecule has 2 heterocycles. The van der Waals surface area contributed by atoms with E-state index in [9.17, 15) is 18.4 Å². The number of nitrogens with zero attached hydrogens (tertiary/aromatic N) is 2. The number of para-hydroxylation sites is 1. The Morgan fingerprint density at radius 3 is 2.52 bits per heavy atom. The number of thiophene rings is 1. The fourth-order valence-corrected chi connectivity index (χ4v) is 3.85. The number of carbonyl (C=O) groups is 2. The Kier molecular flexibility index (Phi) is 5.97. The van der Waals surface area contributed by atoms with Crippen LogP contribution in [0.2, 0.25) is 0 Å². The molecule has 1 N–H and O–H groups in total. The molecule has 9 heteroatoms. The highest BCUT2D eigenvalue weighted by molar-refractivity contribution is 7.20. The van der Waals surface area contributed by atoms with Gasteiger partial charge in [0.1, 0.15) is 27.0 Å². The minimum Gasteiger partial charge on any atom is -0.448 e. The zero-order chi connectivity index (χ0) is 21.3. The monoisotopic (exact) mass is 421 g/mol. The van der Waals surface area contributed by atoms with E-state index >= 15 is 0 Å². The Hall–Kier alpha value is -2.81. The van der Waals surface area contributed by atoms with Gasteiger partial charge in [0.15, 0.2) is 6.10 Å². The van der Waals surface area contributed by atoms with Gasteiger partial charge in [-0.2, -0.15) is 5.10 Å². The zero-order valence-electron chi connectivity index (χ0n) is 16.5. The lowest BCUT2D eigenvalue weighted by atomic mass is 10.2. The molecule has 6 nitrogen and oxygen atoms in total. The maximum absolute atomic E-state index is 13.7. The van der Waals surface area contributed by atoms with Crippen LogP contribution in [0.25, 0.3) is 10.2 Å². The van der Waals surface area contributed by atoms with Crippen molar-refractivity contribution in [2.45, 2.75) is 40.3 Å². The summed E-state index contributed by atoms with van der Waals surface area (Å²) in [4.78, 5) is 25.9. The zero-order valence-corrected chi connectivity index (χ0v) is 17.3.